The average Bonchev–Trinajstić information content (AvgIpc) is 2.57. The van der Waals surface area contributed by atoms with E-state index in [0.717, 1.165) is 0 Å². The first-order chi connectivity index (χ1) is 10.8. The molecule has 1 aliphatic rings. The van der Waals surface area contributed by atoms with Crippen molar-refractivity contribution in [3.8, 4) is 0 Å². The maximum Gasteiger partial charge on any atom is 0.187 e. The number of aldehydes is 1. The molecule has 1 aliphatic heterocycles. The zero-order valence-electron chi connectivity index (χ0n) is 12.0. The third kappa shape index (κ3) is 4.64. The van der Waals surface area contributed by atoms with E-state index in [9.17, 15) is 35.4 Å². The van der Waals surface area contributed by atoms with Crippen LogP contribution in [0.2, 0.25) is 0 Å². The van der Waals surface area contributed by atoms with E-state index < -0.39 is 68.3 Å². The van der Waals surface area contributed by atoms with Crippen molar-refractivity contribution in [2.45, 2.75) is 55.1 Å². The van der Waals surface area contributed by atoms with E-state index in [1.165, 1.54) is 0 Å². The normalized spacial score (nSPS) is 37.0. The van der Waals surface area contributed by atoms with Crippen LogP contribution in [0.25, 0.3) is 0 Å². The van der Waals surface area contributed by atoms with Crippen LogP contribution in [0.5, 0.6) is 0 Å². The third-order valence-corrected chi connectivity index (χ3v) is 3.53. The fraction of sp³-hybridized carbons (Fsp3) is 0.917. The molecule has 0 radical (unpaired) electrons. The molecule has 0 unspecified atom stereocenters. The van der Waals surface area contributed by atoms with Crippen molar-refractivity contribution in [2.75, 3.05) is 13.2 Å². The topological polar surface area (TPSA) is 197 Å². The van der Waals surface area contributed by atoms with Crippen molar-refractivity contribution in [3.63, 3.8) is 0 Å². The lowest BCUT2D eigenvalue weighted by Gasteiger charge is -2.42. The summed E-state index contributed by atoms with van der Waals surface area (Å²) >= 11 is 0. The van der Waals surface area contributed by atoms with E-state index >= 15 is 0 Å². The van der Waals surface area contributed by atoms with Gasteiger partial charge in [0.2, 0.25) is 0 Å². The quantitative estimate of drug-likeness (QED) is 0.196. The first-order valence-electron chi connectivity index (χ1n) is 6.84. The molecule has 0 bridgehead atoms. The van der Waals surface area contributed by atoms with Crippen molar-refractivity contribution in [1.82, 2.24) is 0 Å². The highest BCUT2D eigenvalue weighted by molar-refractivity contribution is 5.56. The molecule has 1 saturated heterocycles. The number of rotatable bonds is 8. The van der Waals surface area contributed by atoms with Gasteiger partial charge < -0.3 is 55.1 Å². The molecule has 0 saturated carbocycles. The molecule has 136 valence electrons. The molecule has 8 N–H and O–H groups in total. The summed E-state index contributed by atoms with van der Waals surface area (Å²) < 4.78 is 10.1. The maximum atomic E-state index is 10.5. The number of aliphatic hydroxyl groups excluding tert-OH is 8. The molecule has 9 atom stereocenters. The Balaban J connectivity index is 2.91. The van der Waals surface area contributed by atoms with Gasteiger partial charge in [0.25, 0.3) is 0 Å². The van der Waals surface area contributed by atoms with Crippen molar-refractivity contribution in [2.24, 2.45) is 0 Å². The minimum Gasteiger partial charge on any atom is -0.394 e. The lowest BCUT2D eigenvalue weighted by molar-refractivity contribution is -0.326. The second kappa shape index (κ2) is 8.94. The summed E-state index contributed by atoms with van der Waals surface area (Å²) in [5.74, 6) is 0. The lowest BCUT2D eigenvalue weighted by atomic mass is 9.98. The Bertz CT molecular complexity index is 365. The van der Waals surface area contributed by atoms with Gasteiger partial charge in [-0.05, 0) is 0 Å². The van der Waals surface area contributed by atoms with E-state index in [-0.39, 0.29) is 6.29 Å². The molecule has 0 aromatic heterocycles. The monoisotopic (exact) mass is 342 g/mol. The predicted octanol–water partition coefficient (Wildman–Crippen LogP) is -5.55. The van der Waals surface area contributed by atoms with Gasteiger partial charge in [-0.15, -0.1) is 0 Å². The molecule has 0 amide bonds. The Labute approximate surface area is 130 Å². The number of aliphatic hydroxyl groups is 8. The van der Waals surface area contributed by atoms with Crippen molar-refractivity contribution in [1.29, 1.82) is 0 Å². The van der Waals surface area contributed by atoms with Crippen LogP contribution < -0.4 is 0 Å². The van der Waals surface area contributed by atoms with Gasteiger partial charge in [-0.2, -0.15) is 0 Å². The van der Waals surface area contributed by atoms with Gasteiger partial charge in [0.1, 0.15) is 48.8 Å². The highest BCUT2D eigenvalue weighted by Crippen LogP contribution is 2.24. The fourth-order valence-corrected chi connectivity index (χ4v) is 2.11. The van der Waals surface area contributed by atoms with Crippen LogP contribution in [0.4, 0.5) is 0 Å². The van der Waals surface area contributed by atoms with Crippen LogP contribution in [-0.2, 0) is 14.3 Å². The van der Waals surface area contributed by atoms with Crippen LogP contribution in [0.3, 0.4) is 0 Å². The molecule has 1 rings (SSSR count). The van der Waals surface area contributed by atoms with Gasteiger partial charge >= 0.3 is 0 Å². The van der Waals surface area contributed by atoms with Gasteiger partial charge in [0.15, 0.2) is 12.6 Å². The number of carbonyl (C=O) groups is 1. The summed E-state index contributed by atoms with van der Waals surface area (Å²) in [7, 11) is 0. The van der Waals surface area contributed by atoms with E-state index in [0.29, 0.717) is 0 Å². The van der Waals surface area contributed by atoms with Crippen molar-refractivity contribution in [3.05, 3.63) is 0 Å². The Morgan fingerprint density at radius 1 is 1.04 bits per heavy atom. The van der Waals surface area contributed by atoms with Gasteiger partial charge in [-0.1, -0.05) is 0 Å². The summed E-state index contributed by atoms with van der Waals surface area (Å²) in [4.78, 5) is 10.5. The Kier molecular flexibility index (Phi) is 7.89. The average molecular weight is 342 g/mol. The zero-order chi connectivity index (χ0) is 17.7. The maximum absolute atomic E-state index is 10.5. The minimum absolute atomic E-state index is 0.0294. The highest BCUT2D eigenvalue weighted by atomic mass is 16.7. The predicted molar refractivity (Wildman–Crippen MR) is 69.8 cm³/mol. The van der Waals surface area contributed by atoms with Gasteiger partial charge in [-0.3, -0.25) is 0 Å². The molecule has 11 heteroatoms. The van der Waals surface area contributed by atoms with Crippen molar-refractivity contribution < 1.29 is 55.1 Å². The number of carbonyl (C=O) groups excluding carboxylic acids is 1. The Morgan fingerprint density at radius 2 is 1.65 bits per heavy atom. The molecule has 0 aromatic rings. The zero-order valence-corrected chi connectivity index (χ0v) is 12.0. The number of hydrogen-bond acceptors (Lipinski definition) is 11. The third-order valence-electron chi connectivity index (χ3n) is 3.53. The summed E-state index contributed by atoms with van der Waals surface area (Å²) in [6.45, 7) is -1.64. The smallest absolute Gasteiger partial charge is 0.187 e. The Morgan fingerprint density at radius 3 is 2.13 bits per heavy atom. The van der Waals surface area contributed by atoms with Crippen LogP contribution >= 0.6 is 0 Å². The van der Waals surface area contributed by atoms with Crippen molar-refractivity contribution >= 4 is 6.29 Å². The molecule has 0 aliphatic carbocycles. The molecular formula is C12H22O11. The van der Waals surface area contributed by atoms with Crippen LogP contribution in [0.1, 0.15) is 0 Å². The van der Waals surface area contributed by atoms with E-state index in [1.54, 1.807) is 0 Å². The summed E-state index contributed by atoms with van der Waals surface area (Å²) in [6.07, 6.45) is -15.7. The first-order valence-corrected chi connectivity index (χ1v) is 6.84. The van der Waals surface area contributed by atoms with Gasteiger partial charge in [0.05, 0.1) is 13.2 Å². The SMILES string of the molecule is O=C[C@H](O)[C@@H](O)[C@@H](O[C@@H]1O[C@H](CO)[C@@H](O)[C@H](O)[C@H]1O)[C@H](O)CO. The molecular weight excluding hydrogens is 320 g/mol. The molecule has 11 nitrogen and oxygen atoms in total. The van der Waals surface area contributed by atoms with E-state index in [2.05, 4.69) is 0 Å². The van der Waals surface area contributed by atoms with E-state index in [4.69, 9.17) is 19.7 Å². The van der Waals surface area contributed by atoms with Crippen LogP contribution in [-0.4, -0.2) is 115 Å². The first kappa shape index (κ1) is 20.3. The van der Waals surface area contributed by atoms with Gasteiger partial charge in [-0.25, -0.2) is 0 Å². The molecule has 0 spiro atoms. The molecule has 1 heterocycles. The number of hydrogen-bond donors (Lipinski definition) is 8. The second-order valence-electron chi connectivity index (χ2n) is 5.17. The lowest BCUT2D eigenvalue weighted by Crippen LogP contribution is -2.61. The molecule has 23 heavy (non-hydrogen) atoms. The summed E-state index contributed by atoms with van der Waals surface area (Å²) in [5.41, 5.74) is 0. The standard InChI is InChI=1S/C12H22O11/c13-1-4(16)7(18)11(5(17)2-14)23-12-10(21)9(20)8(19)6(3-15)22-12/h1,4-12,14-21H,2-3H2/t4-,5+,6+,7+,8+,9-,10+,11-,12-/m0/s1. The van der Waals surface area contributed by atoms with Crippen LogP contribution in [0, 0.1) is 0 Å². The fourth-order valence-electron chi connectivity index (χ4n) is 2.11. The summed E-state index contributed by atoms with van der Waals surface area (Å²) in [6, 6.07) is 0. The Hall–Kier alpha value is -0.730. The summed E-state index contributed by atoms with van der Waals surface area (Å²) in [5, 5.41) is 75.7. The largest absolute Gasteiger partial charge is 0.394 e. The molecule has 0 aromatic carbocycles. The molecule has 1 fully saturated rings. The van der Waals surface area contributed by atoms with Gasteiger partial charge in [0, 0.05) is 0 Å². The minimum atomic E-state index is -1.97. The number of ether oxygens (including phenoxy) is 2. The van der Waals surface area contributed by atoms with Crippen LogP contribution in [0.15, 0.2) is 0 Å². The van der Waals surface area contributed by atoms with E-state index in [1.807, 2.05) is 0 Å². The highest BCUT2D eigenvalue weighted by Gasteiger charge is 2.46. The second-order valence-corrected chi connectivity index (χ2v) is 5.17.